The van der Waals surface area contributed by atoms with E-state index in [9.17, 15) is 9.59 Å². The SMILES string of the molecule is Cc1noc(C)c1CSc1ccccc1C(=O)OCC(=O)NC(C)c1ccccc1. The van der Waals surface area contributed by atoms with Crippen LogP contribution in [0.1, 0.15) is 45.9 Å². The van der Waals surface area contributed by atoms with Crippen LogP contribution >= 0.6 is 11.8 Å². The highest BCUT2D eigenvalue weighted by molar-refractivity contribution is 7.98. The molecule has 30 heavy (non-hydrogen) atoms. The standard InChI is InChI=1S/C23H24N2O4S/c1-15(18-9-5-4-6-10-18)24-22(26)13-28-23(27)19-11-7-8-12-21(19)30-14-20-16(2)25-29-17(20)3/h4-12,15H,13-14H2,1-3H3,(H,24,26). The lowest BCUT2D eigenvalue weighted by Gasteiger charge is -2.14. The van der Waals surface area contributed by atoms with Crippen molar-refractivity contribution in [3.8, 4) is 0 Å². The van der Waals surface area contributed by atoms with E-state index in [4.69, 9.17) is 9.26 Å². The van der Waals surface area contributed by atoms with E-state index in [0.29, 0.717) is 11.3 Å². The fraction of sp³-hybridized carbons (Fsp3) is 0.261. The smallest absolute Gasteiger partial charge is 0.339 e. The minimum absolute atomic E-state index is 0.171. The molecular weight excluding hydrogens is 400 g/mol. The summed E-state index contributed by atoms with van der Waals surface area (Å²) in [5, 5.41) is 6.79. The average Bonchev–Trinajstić information content (AvgIpc) is 3.08. The van der Waals surface area contributed by atoms with Crippen LogP contribution in [0.25, 0.3) is 0 Å². The van der Waals surface area contributed by atoms with Gasteiger partial charge in [-0.15, -0.1) is 11.8 Å². The molecule has 2 aromatic carbocycles. The van der Waals surface area contributed by atoms with Crippen molar-refractivity contribution in [2.45, 2.75) is 37.5 Å². The highest BCUT2D eigenvalue weighted by Crippen LogP contribution is 2.29. The van der Waals surface area contributed by atoms with Crippen molar-refractivity contribution in [3.63, 3.8) is 0 Å². The fourth-order valence-electron chi connectivity index (χ4n) is 2.94. The number of carbonyl (C=O) groups is 2. The highest BCUT2D eigenvalue weighted by Gasteiger charge is 2.17. The number of benzene rings is 2. The molecule has 0 saturated heterocycles. The van der Waals surface area contributed by atoms with E-state index >= 15 is 0 Å². The number of hydrogen-bond acceptors (Lipinski definition) is 6. The Kier molecular flexibility index (Phi) is 7.30. The van der Waals surface area contributed by atoms with Crippen molar-refractivity contribution in [1.29, 1.82) is 0 Å². The van der Waals surface area contributed by atoms with Gasteiger partial charge in [0, 0.05) is 16.2 Å². The van der Waals surface area contributed by atoms with Crippen molar-refractivity contribution >= 4 is 23.6 Å². The maximum Gasteiger partial charge on any atom is 0.339 e. The zero-order valence-electron chi connectivity index (χ0n) is 17.2. The Morgan fingerprint density at radius 1 is 1.10 bits per heavy atom. The van der Waals surface area contributed by atoms with Crippen molar-refractivity contribution in [1.82, 2.24) is 10.5 Å². The number of nitrogens with zero attached hydrogens (tertiary/aromatic N) is 1. The first kappa shape index (κ1) is 21.6. The van der Waals surface area contributed by atoms with E-state index < -0.39 is 5.97 Å². The summed E-state index contributed by atoms with van der Waals surface area (Å²) in [4.78, 5) is 25.5. The maximum atomic E-state index is 12.6. The molecule has 1 amide bonds. The molecule has 1 N–H and O–H groups in total. The third-order valence-electron chi connectivity index (χ3n) is 4.67. The molecule has 1 unspecified atom stereocenters. The van der Waals surface area contributed by atoms with E-state index in [1.54, 1.807) is 12.1 Å². The Balaban J connectivity index is 1.57. The molecule has 6 nitrogen and oxygen atoms in total. The van der Waals surface area contributed by atoms with Crippen LogP contribution in [0, 0.1) is 13.8 Å². The van der Waals surface area contributed by atoms with Gasteiger partial charge in [-0.3, -0.25) is 4.79 Å². The Morgan fingerprint density at radius 3 is 2.50 bits per heavy atom. The third-order valence-corrected chi connectivity index (χ3v) is 5.77. The molecule has 156 valence electrons. The first-order valence-electron chi connectivity index (χ1n) is 9.60. The van der Waals surface area contributed by atoms with E-state index in [2.05, 4.69) is 10.5 Å². The second kappa shape index (κ2) is 10.1. The van der Waals surface area contributed by atoms with Crippen LogP contribution < -0.4 is 5.32 Å². The molecule has 0 aliphatic rings. The molecule has 0 fully saturated rings. The molecule has 0 radical (unpaired) electrons. The number of amides is 1. The van der Waals surface area contributed by atoms with Gasteiger partial charge in [-0.25, -0.2) is 4.79 Å². The molecule has 0 spiro atoms. The van der Waals surface area contributed by atoms with Crippen LogP contribution in [0.15, 0.2) is 64.0 Å². The maximum absolute atomic E-state index is 12.6. The second-order valence-electron chi connectivity index (χ2n) is 6.86. The molecular formula is C23H24N2O4S. The average molecular weight is 425 g/mol. The molecule has 0 saturated carbocycles. The van der Waals surface area contributed by atoms with Crippen LogP contribution in [0.3, 0.4) is 0 Å². The van der Waals surface area contributed by atoms with Crippen molar-refractivity contribution in [3.05, 3.63) is 82.7 Å². The van der Waals surface area contributed by atoms with Gasteiger partial charge in [0.05, 0.1) is 17.3 Å². The molecule has 0 bridgehead atoms. The number of aryl methyl sites for hydroxylation is 2. The lowest BCUT2D eigenvalue weighted by atomic mass is 10.1. The van der Waals surface area contributed by atoms with Crippen LogP contribution in [-0.2, 0) is 15.3 Å². The second-order valence-corrected chi connectivity index (χ2v) is 7.88. The normalized spacial score (nSPS) is 11.7. The largest absolute Gasteiger partial charge is 0.452 e. The fourth-order valence-corrected chi connectivity index (χ4v) is 4.13. The topological polar surface area (TPSA) is 81.4 Å². The predicted octanol–water partition coefficient (Wildman–Crippen LogP) is 4.62. The van der Waals surface area contributed by atoms with Crippen molar-refractivity contribution in [2.75, 3.05) is 6.61 Å². The number of thioether (sulfide) groups is 1. The molecule has 0 aliphatic carbocycles. The number of carbonyl (C=O) groups excluding carboxylic acids is 2. The number of nitrogens with one attached hydrogen (secondary N) is 1. The van der Waals surface area contributed by atoms with Gasteiger partial charge in [-0.1, -0.05) is 47.6 Å². The number of rotatable bonds is 8. The monoisotopic (exact) mass is 424 g/mol. The Bertz CT molecular complexity index is 998. The van der Waals surface area contributed by atoms with Gasteiger partial charge in [0.2, 0.25) is 0 Å². The highest BCUT2D eigenvalue weighted by atomic mass is 32.2. The van der Waals surface area contributed by atoms with Gasteiger partial charge in [-0.05, 0) is 38.5 Å². The van der Waals surface area contributed by atoms with Crippen molar-refractivity contribution < 1.29 is 18.8 Å². The Labute approximate surface area is 180 Å². The summed E-state index contributed by atoms with van der Waals surface area (Å²) in [6.45, 7) is 5.31. The minimum atomic E-state index is -0.528. The van der Waals surface area contributed by atoms with Gasteiger partial charge >= 0.3 is 5.97 Å². The molecule has 1 aromatic heterocycles. The summed E-state index contributed by atoms with van der Waals surface area (Å²) < 4.78 is 10.4. The van der Waals surface area contributed by atoms with Crippen molar-refractivity contribution in [2.24, 2.45) is 0 Å². The number of hydrogen-bond donors (Lipinski definition) is 1. The molecule has 7 heteroatoms. The van der Waals surface area contributed by atoms with E-state index in [1.807, 2.05) is 63.2 Å². The lowest BCUT2D eigenvalue weighted by molar-refractivity contribution is -0.124. The predicted molar refractivity (Wildman–Crippen MR) is 115 cm³/mol. The quantitative estimate of drug-likeness (QED) is 0.420. The Morgan fingerprint density at radius 2 is 1.80 bits per heavy atom. The minimum Gasteiger partial charge on any atom is -0.452 e. The molecule has 1 atom stereocenters. The molecule has 3 rings (SSSR count). The van der Waals surface area contributed by atoms with Gasteiger partial charge in [0.15, 0.2) is 6.61 Å². The summed E-state index contributed by atoms with van der Waals surface area (Å²) in [6.07, 6.45) is 0. The number of aromatic nitrogens is 1. The van der Waals surface area contributed by atoms with Crippen LogP contribution in [-0.4, -0.2) is 23.6 Å². The van der Waals surface area contributed by atoms with Gasteiger partial charge < -0.3 is 14.6 Å². The summed E-state index contributed by atoms with van der Waals surface area (Å²) in [5.74, 6) is 0.518. The number of esters is 1. The van der Waals surface area contributed by atoms with Crippen LogP contribution in [0.5, 0.6) is 0 Å². The first-order valence-corrected chi connectivity index (χ1v) is 10.6. The van der Waals surface area contributed by atoms with E-state index in [-0.39, 0.29) is 18.6 Å². The first-order chi connectivity index (χ1) is 14.5. The van der Waals surface area contributed by atoms with Gasteiger partial charge in [0.1, 0.15) is 5.76 Å². The van der Waals surface area contributed by atoms with Gasteiger partial charge in [-0.2, -0.15) is 0 Å². The lowest BCUT2D eigenvalue weighted by Crippen LogP contribution is -2.31. The van der Waals surface area contributed by atoms with Gasteiger partial charge in [0.25, 0.3) is 5.91 Å². The molecule has 0 aliphatic heterocycles. The van der Waals surface area contributed by atoms with E-state index in [0.717, 1.165) is 27.5 Å². The Hall–Kier alpha value is -3.06. The summed E-state index contributed by atoms with van der Waals surface area (Å²) in [5.41, 5.74) is 3.26. The summed E-state index contributed by atoms with van der Waals surface area (Å²) >= 11 is 1.50. The third kappa shape index (κ3) is 5.51. The van der Waals surface area contributed by atoms with Crippen LogP contribution in [0.4, 0.5) is 0 Å². The van der Waals surface area contributed by atoms with Crippen LogP contribution in [0.2, 0.25) is 0 Å². The zero-order chi connectivity index (χ0) is 21.5. The van der Waals surface area contributed by atoms with E-state index in [1.165, 1.54) is 11.8 Å². The molecule has 1 heterocycles. The zero-order valence-corrected chi connectivity index (χ0v) is 18.0. The molecule has 3 aromatic rings. The summed E-state index contributed by atoms with van der Waals surface area (Å²) in [6, 6.07) is 16.6. The number of ether oxygens (including phenoxy) is 1. The summed E-state index contributed by atoms with van der Waals surface area (Å²) in [7, 11) is 0.